The molecule has 0 spiro atoms. The maximum absolute atomic E-state index is 10.9. The van der Waals surface area contributed by atoms with Crippen LogP contribution in [0.1, 0.15) is 46.3 Å². The summed E-state index contributed by atoms with van der Waals surface area (Å²) < 4.78 is 5.22. The third kappa shape index (κ3) is 4.63. The van der Waals surface area contributed by atoms with Crippen molar-refractivity contribution in [2.24, 2.45) is 5.92 Å². The Morgan fingerprint density at radius 2 is 2.11 bits per heavy atom. The van der Waals surface area contributed by atoms with Gasteiger partial charge < -0.3 is 9.63 Å². The Morgan fingerprint density at radius 3 is 2.53 bits per heavy atom. The summed E-state index contributed by atoms with van der Waals surface area (Å²) in [6.07, 6.45) is 0. The fraction of sp³-hybridized carbons (Fsp3) is 0.769. The predicted molar refractivity (Wildman–Crippen MR) is 70.7 cm³/mol. The molecule has 6 heteroatoms. The summed E-state index contributed by atoms with van der Waals surface area (Å²) in [4.78, 5) is 17.2. The Balaban J connectivity index is 2.66. The van der Waals surface area contributed by atoms with Gasteiger partial charge in [0.15, 0.2) is 5.82 Å². The van der Waals surface area contributed by atoms with Crippen molar-refractivity contribution in [3.63, 3.8) is 0 Å². The van der Waals surface area contributed by atoms with Crippen LogP contribution < -0.4 is 0 Å². The van der Waals surface area contributed by atoms with Gasteiger partial charge in [-0.05, 0) is 6.54 Å². The molecule has 0 aromatic carbocycles. The van der Waals surface area contributed by atoms with Gasteiger partial charge in [-0.3, -0.25) is 9.69 Å². The molecule has 0 radical (unpaired) electrons. The zero-order valence-corrected chi connectivity index (χ0v) is 12.3. The maximum atomic E-state index is 10.9. The van der Waals surface area contributed by atoms with Crippen molar-refractivity contribution in [3.8, 4) is 0 Å². The zero-order chi connectivity index (χ0) is 14.6. The van der Waals surface area contributed by atoms with Crippen molar-refractivity contribution in [2.45, 2.75) is 46.6 Å². The molecule has 108 valence electrons. The van der Waals surface area contributed by atoms with Gasteiger partial charge in [-0.2, -0.15) is 4.98 Å². The summed E-state index contributed by atoms with van der Waals surface area (Å²) in [6.45, 7) is 11.4. The van der Waals surface area contributed by atoms with Crippen LogP contribution in [0.2, 0.25) is 0 Å². The van der Waals surface area contributed by atoms with Crippen LogP contribution in [0.25, 0.3) is 0 Å². The van der Waals surface area contributed by atoms with Crippen molar-refractivity contribution < 1.29 is 14.4 Å². The van der Waals surface area contributed by atoms with Crippen molar-refractivity contribution in [3.05, 3.63) is 11.7 Å². The Kier molecular flexibility index (Phi) is 5.05. The maximum Gasteiger partial charge on any atom is 0.307 e. The fourth-order valence-corrected chi connectivity index (χ4v) is 1.59. The topological polar surface area (TPSA) is 79.5 Å². The minimum absolute atomic E-state index is 0.170. The number of nitrogens with zero attached hydrogens (tertiary/aromatic N) is 3. The van der Waals surface area contributed by atoms with E-state index in [-0.39, 0.29) is 5.41 Å². The molecule has 1 unspecified atom stereocenters. The van der Waals surface area contributed by atoms with Crippen LogP contribution in [0.15, 0.2) is 4.52 Å². The highest BCUT2D eigenvalue weighted by Gasteiger charge is 2.23. The van der Waals surface area contributed by atoms with E-state index < -0.39 is 11.9 Å². The number of aromatic nitrogens is 2. The van der Waals surface area contributed by atoms with Gasteiger partial charge >= 0.3 is 5.97 Å². The van der Waals surface area contributed by atoms with Gasteiger partial charge in [0.05, 0.1) is 12.5 Å². The second-order valence-corrected chi connectivity index (χ2v) is 5.83. The number of carboxylic acids is 1. The predicted octanol–water partition coefficient (Wildman–Crippen LogP) is 1.91. The molecule has 0 bridgehead atoms. The first-order valence-electron chi connectivity index (χ1n) is 6.52. The van der Waals surface area contributed by atoms with Crippen molar-refractivity contribution in [2.75, 3.05) is 13.1 Å². The lowest BCUT2D eigenvalue weighted by Crippen LogP contribution is -2.31. The number of aliphatic carboxylic acids is 1. The number of hydrogen-bond donors (Lipinski definition) is 1. The number of rotatable bonds is 6. The molecule has 1 aromatic heterocycles. The van der Waals surface area contributed by atoms with Crippen LogP contribution >= 0.6 is 0 Å². The molecule has 0 amide bonds. The van der Waals surface area contributed by atoms with Gasteiger partial charge in [-0.25, -0.2) is 0 Å². The summed E-state index contributed by atoms with van der Waals surface area (Å²) >= 11 is 0. The lowest BCUT2D eigenvalue weighted by molar-refractivity contribution is -0.141. The van der Waals surface area contributed by atoms with Crippen LogP contribution in [0, 0.1) is 5.92 Å². The number of hydrogen-bond acceptors (Lipinski definition) is 5. The highest BCUT2D eigenvalue weighted by molar-refractivity contribution is 5.69. The highest BCUT2D eigenvalue weighted by Crippen LogP contribution is 2.20. The lowest BCUT2D eigenvalue weighted by Gasteiger charge is -2.20. The van der Waals surface area contributed by atoms with E-state index in [4.69, 9.17) is 9.63 Å². The minimum Gasteiger partial charge on any atom is -0.481 e. The van der Waals surface area contributed by atoms with Gasteiger partial charge in [0.1, 0.15) is 0 Å². The third-order valence-electron chi connectivity index (χ3n) is 2.88. The summed E-state index contributed by atoms with van der Waals surface area (Å²) in [5.74, 6) is 0.00470. The number of carboxylic acid groups (broad SMARTS) is 1. The van der Waals surface area contributed by atoms with E-state index in [1.165, 1.54) is 0 Å². The Hall–Kier alpha value is -1.43. The molecule has 0 aliphatic carbocycles. The van der Waals surface area contributed by atoms with E-state index in [9.17, 15) is 4.79 Å². The molecule has 0 aliphatic heterocycles. The Labute approximate surface area is 113 Å². The van der Waals surface area contributed by atoms with Crippen molar-refractivity contribution in [1.82, 2.24) is 15.0 Å². The van der Waals surface area contributed by atoms with E-state index >= 15 is 0 Å². The van der Waals surface area contributed by atoms with Gasteiger partial charge in [0, 0.05) is 12.0 Å². The molecule has 0 saturated heterocycles. The first-order valence-corrected chi connectivity index (χ1v) is 6.52. The average Bonchev–Trinajstić information content (AvgIpc) is 2.76. The number of carbonyl (C=O) groups is 1. The standard InChI is InChI=1S/C13H23N3O3/c1-6-16(7-9(2)11(17)18)8-10-14-12(19-15-10)13(3,4)5/h9H,6-8H2,1-5H3,(H,17,18). The van der Waals surface area contributed by atoms with Crippen LogP contribution in [0.3, 0.4) is 0 Å². The van der Waals surface area contributed by atoms with Crippen LogP contribution in [0.5, 0.6) is 0 Å². The van der Waals surface area contributed by atoms with E-state index in [1.807, 2.05) is 32.6 Å². The fourth-order valence-electron chi connectivity index (χ4n) is 1.59. The highest BCUT2D eigenvalue weighted by atomic mass is 16.5. The SMILES string of the molecule is CCN(Cc1noc(C(C)(C)C)n1)CC(C)C(=O)O. The van der Waals surface area contributed by atoms with E-state index in [0.29, 0.717) is 24.8 Å². The summed E-state index contributed by atoms with van der Waals surface area (Å²) in [5.41, 5.74) is -0.170. The van der Waals surface area contributed by atoms with E-state index in [0.717, 1.165) is 6.54 Å². The van der Waals surface area contributed by atoms with Gasteiger partial charge in [0.25, 0.3) is 0 Å². The quantitative estimate of drug-likeness (QED) is 0.849. The molecule has 1 aromatic rings. The molecule has 0 saturated carbocycles. The molecule has 1 N–H and O–H groups in total. The summed E-state index contributed by atoms with van der Waals surface area (Å²) in [7, 11) is 0. The first kappa shape index (κ1) is 15.6. The van der Waals surface area contributed by atoms with Crippen LogP contribution in [-0.2, 0) is 16.8 Å². The first-order chi connectivity index (χ1) is 8.74. The molecule has 1 atom stereocenters. The van der Waals surface area contributed by atoms with Crippen molar-refractivity contribution in [1.29, 1.82) is 0 Å². The normalized spacial score (nSPS) is 13.8. The largest absolute Gasteiger partial charge is 0.481 e. The molecule has 1 heterocycles. The van der Waals surface area contributed by atoms with E-state index in [1.54, 1.807) is 6.92 Å². The lowest BCUT2D eigenvalue weighted by atomic mass is 9.97. The molecule has 6 nitrogen and oxygen atoms in total. The van der Waals surface area contributed by atoms with Crippen molar-refractivity contribution >= 4 is 5.97 Å². The van der Waals surface area contributed by atoms with Gasteiger partial charge in [-0.15, -0.1) is 0 Å². The second-order valence-electron chi connectivity index (χ2n) is 5.83. The summed E-state index contributed by atoms with van der Waals surface area (Å²) in [6, 6.07) is 0. The zero-order valence-electron chi connectivity index (χ0n) is 12.3. The minimum atomic E-state index is -0.790. The molecular formula is C13H23N3O3. The third-order valence-corrected chi connectivity index (χ3v) is 2.88. The smallest absolute Gasteiger partial charge is 0.307 e. The molecule has 0 fully saturated rings. The Bertz CT molecular complexity index is 423. The van der Waals surface area contributed by atoms with Crippen LogP contribution in [-0.4, -0.2) is 39.2 Å². The molecule has 1 rings (SSSR count). The Morgan fingerprint density at radius 1 is 1.47 bits per heavy atom. The van der Waals surface area contributed by atoms with E-state index in [2.05, 4.69) is 10.1 Å². The molecular weight excluding hydrogens is 246 g/mol. The average molecular weight is 269 g/mol. The van der Waals surface area contributed by atoms with Gasteiger partial charge in [0.2, 0.25) is 5.89 Å². The summed E-state index contributed by atoms with van der Waals surface area (Å²) in [5, 5.41) is 12.9. The molecule has 0 aliphatic rings. The molecule has 19 heavy (non-hydrogen) atoms. The monoisotopic (exact) mass is 269 g/mol. The van der Waals surface area contributed by atoms with Gasteiger partial charge in [-0.1, -0.05) is 39.8 Å². The second kappa shape index (κ2) is 6.14. The van der Waals surface area contributed by atoms with Crippen LogP contribution in [0.4, 0.5) is 0 Å².